The quantitative estimate of drug-likeness (QED) is 0.854. The van der Waals surface area contributed by atoms with Crippen molar-refractivity contribution in [3.05, 3.63) is 53.6 Å². The van der Waals surface area contributed by atoms with Crippen LogP contribution in [0.3, 0.4) is 0 Å². The van der Waals surface area contributed by atoms with E-state index in [1.54, 1.807) is 0 Å². The summed E-state index contributed by atoms with van der Waals surface area (Å²) in [7, 11) is 0. The first-order valence-corrected chi connectivity index (χ1v) is 7.34. The summed E-state index contributed by atoms with van der Waals surface area (Å²) in [6.07, 6.45) is 3.41. The summed E-state index contributed by atoms with van der Waals surface area (Å²) >= 11 is 0. The molecule has 2 atom stereocenters. The minimum absolute atomic E-state index is 0.373. The predicted molar refractivity (Wildman–Crippen MR) is 82.8 cm³/mol. The van der Waals surface area contributed by atoms with Crippen molar-refractivity contribution in [1.82, 2.24) is 5.32 Å². The predicted octanol–water partition coefficient (Wildman–Crippen LogP) is 3.29. The lowest BCUT2D eigenvalue weighted by atomic mass is 9.88. The summed E-state index contributed by atoms with van der Waals surface area (Å²) in [5.74, 6) is 0. The van der Waals surface area contributed by atoms with E-state index in [2.05, 4.69) is 54.7 Å². The van der Waals surface area contributed by atoms with Gasteiger partial charge in [0, 0.05) is 12.1 Å². The highest BCUT2D eigenvalue weighted by atomic mass is 16.5. The van der Waals surface area contributed by atoms with E-state index in [-0.39, 0.29) is 0 Å². The first-order valence-electron chi connectivity index (χ1n) is 7.34. The van der Waals surface area contributed by atoms with E-state index in [4.69, 9.17) is 4.74 Å². The molecule has 0 spiro atoms. The topological polar surface area (TPSA) is 21.3 Å². The van der Waals surface area contributed by atoms with Crippen molar-refractivity contribution >= 4 is 16.3 Å². The number of fused-ring (bicyclic) bond motifs is 3. The van der Waals surface area contributed by atoms with E-state index in [1.807, 2.05) is 0 Å². The fourth-order valence-electron chi connectivity index (χ4n) is 3.46. The lowest BCUT2D eigenvalue weighted by Gasteiger charge is -2.35. The summed E-state index contributed by atoms with van der Waals surface area (Å²) in [6.45, 7) is 3.81. The van der Waals surface area contributed by atoms with Gasteiger partial charge in [-0.25, -0.2) is 0 Å². The maximum absolute atomic E-state index is 5.62. The molecule has 2 heteroatoms. The fourth-order valence-corrected chi connectivity index (χ4v) is 3.46. The number of ether oxygens (including phenoxy) is 1. The zero-order chi connectivity index (χ0) is 13.5. The molecule has 0 aromatic heterocycles. The Balaban J connectivity index is 1.86. The maximum atomic E-state index is 5.62. The Morgan fingerprint density at radius 3 is 2.75 bits per heavy atom. The second-order valence-corrected chi connectivity index (χ2v) is 5.88. The molecule has 2 aromatic carbocycles. The fraction of sp³-hybridized carbons (Fsp3) is 0.333. The molecular weight excluding hydrogens is 246 g/mol. The maximum Gasteiger partial charge on any atom is 0.0656 e. The van der Waals surface area contributed by atoms with Crippen LogP contribution in [-0.2, 0) is 4.74 Å². The van der Waals surface area contributed by atoms with Gasteiger partial charge >= 0.3 is 0 Å². The molecule has 2 aliphatic rings. The average molecular weight is 265 g/mol. The van der Waals surface area contributed by atoms with E-state index in [0.29, 0.717) is 12.1 Å². The van der Waals surface area contributed by atoms with Crippen LogP contribution in [0.25, 0.3) is 16.3 Å². The van der Waals surface area contributed by atoms with Crippen LogP contribution >= 0.6 is 0 Å². The van der Waals surface area contributed by atoms with Gasteiger partial charge in [-0.15, -0.1) is 0 Å². The second-order valence-electron chi connectivity index (χ2n) is 5.88. The summed E-state index contributed by atoms with van der Waals surface area (Å²) in [6, 6.07) is 14.1. The third kappa shape index (κ3) is 1.96. The van der Waals surface area contributed by atoms with E-state index in [9.17, 15) is 0 Å². The van der Waals surface area contributed by atoms with Crippen LogP contribution in [0.2, 0.25) is 0 Å². The Morgan fingerprint density at radius 1 is 1.05 bits per heavy atom. The van der Waals surface area contributed by atoms with Crippen molar-refractivity contribution in [1.29, 1.82) is 0 Å². The number of benzene rings is 2. The molecule has 2 unspecified atom stereocenters. The SMILES string of the molecule is Cc1ccc(C2=CC3COCC(C2)N3)c2ccccc12. The first-order chi connectivity index (χ1) is 9.81. The monoisotopic (exact) mass is 265 g/mol. The van der Waals surface area contributed by atoms with Crippen LogP contribution in [-0.4, -0.2) is 25.3 Å². The van der Waals surface area contributed by atoms with Gasteiger partial charge in [0.05, 0.1) is 13.2 Å². The van der Waals surface area contributed by atoms with Crippen molar-refractivity contribution in [2.75, 3.05) is 13.2 Å². The summed E-state index contributed by atoms with van der Waals surface area (Å²) < 4.78 is 5.62. The van der Waals surface area contributed by atoms with E-state index < -0.39 is 0 Å². The number of aryl methyl sites for hydroxylation is 1. The van der Waals surface area contributed by atoms with Crippen LogP contribution in [0, 0.1) is 6.92 Å². The second kappa shape index (κ2) is 4.72. The summed E-state index contributed by atoms with van der Waals surface area (Å²) in [5, 5.41) is 6.35. The highest BCUT2D eigenvalue weighted by molar-refractivity contribution is 5.96. The smallest absolute Gasteiger partial charge is 0.0656 e. The van der Waals surface area contributed by atoms with Gasteiger partial charge in [-0.2, -0.15) is 0 Å². The Morgan fingerprint density at radius 2 is 1.90 bits per heavy atom. The number of nitrogens with one attached hydrogen (secondary N) is 1. The van der Waals surface area contributed by atoms with Gasteiger partial charge in [-0.3, -0.25) is 0 Å². The number of hydrogen-bond donors (Lipinski definition) is 1. The van der Waals surface area contributed by atoms with Crippen molar-refractivity contribution < 1.29 is 4.74 Å². The Hall–Kier alpha value is -1.64. The van der Waals surface area contributed by atoms with Crippen LogP contribution in [0.5, 0.6) is 0 Å². The molecule has 102 valence electrons. The van der Waals surface area contributed by atoms with E-state index in [0.717, 1.165) is 19.6 Å². The lowest BCUT2D eigenvalue weighted by molar-refractivity contribution is 0.0561. The van der Waals surface area contributed by atoms with Gasteiger partial charge in [0.1, 0.15) is 0 Å². The molecule has 2 aromatic rings. The molecule has 4 rings (SSSR count). The van der Waals surface area contributed by atoms with Gasteiger partial charge in [0.15, 0.2) is 0 Å². The zero-order valence-electron chi connectivity index (χ0n) is 11.7. The average Bonchev–Trinajstić information content (AvgIpc) is 2.47. The molecule has 0 amide bonds. The molecule has 20 heavy (non-hydrogen) atoms. The van der Waals surface area contributed by atoms with Crippen LogP contribution in [0.1, 0.15) is 17.5 Å². The Kier molecular flexibility index (Phi) is 2.86. The van der Waals surface area contributed by atoms with E-state index in [1.165, 1.54) is 27.5 Å². The van der Waals surface area contributed by atoms with Crippen molar-refractivity contribution in [2.45, 2.75) is 25.4 Å². The molecule has 1 fully saturated rings. The van der Waals surface area contributed by atoms with Gasteiger partial charge in [-0.05, 0) is 40.8 Å². The third-order valence-corrected chi connectivity index (χ3v) is 4.42. The molecule has 0 saturated carbocycles. The number of morpholine rings is 1. The van der Waals surface area contributed by atoms with Gasteiger partial charge < -0.3 is 10.1 Å². The van der Waals surface area contributed by atoms with E-state index >= 15 is 0 Å². The van der Waals surface area contributed by atoms with Crippen LogP contribution in [0.15, 0.2) is 42.5 Å². The Labute approximate surface area is 119 Å². The van der Waals surface area contributed by atoms with Crippen LogP contribution in [0.4, 0.5) is 0 Å². The number of hydrogen-bond acceptors (Lipinski definition) is 2. The highest BCUT2D eigenvalue weighted by Gasteiger charge is 2.27. The molecule has 1 saturated heterocycles. The molecule has 1 N–H and O–H groups in total. The molecule has 2 heterocycles. The zero-order valence-corrected chi connectivity index (χ0v) is 11.7. The molecular formula is C18H19NO. The summed E-state index contributed by atoms with van der Waals surface area (Å²) in [4.78, 5) is 0. The highest BCUT2D eigenvalue weighted by Crippen LogP contribution is 2.32. The standard InChI is InChI=1S/C18H19NO/c1-12-6-7-17(18-5-3-2-4-16(12)18)13-8-14-10-20-11-15(9-13)19-14/h2-8,14-15,19H,9-11H2,1H3. The molecule has 2 nitrogen and oxygen atoms in total. The van der Waals surface area contributed by atoms with Gasteiger partial charge in [-0.1, -0.05) is 42.5 Å². The van der Waals surface area contributed by atoms with Crippen LogP contribution < -0.4 is 5.32 Å². The molecule has 0 radical (unpaired) electrons. The van der Waals surface area contributed by atoms with Crippen molar-refractivity contribution in [3.8, 4) is 0 Å². The minimum atomic E-state index is 0.373. The molecule has 2 bridgehead atoms. The Bertz CT molecular complexity index is 689. The van der Waals surface area contributed by atoms with Crippen molar-refractivity contribution in [3.63, 3.8) is 0 Å². The molecule has 2 aliphatic heterocycles. The van der Waals surface area contributed by atoms with Gasteiger partial charge in [0.2, 0.25) is 0 Å². The third-order valence-electron chi connectivity index (χ3n) is 4.42. The number of rotatable bonds is 1. The van der Waals surface area contributed by atoms with Gasteiger partial charge in [0.25, 0.3) is 0 Å². The molecule has 0 aliphatic carbocycles. The largest absolute Gasteiger partial charge is 0.378 e. The summed E-state index contributed by atoms with van der Waals surface area (Å²) in [5.41, 5.74) is 4.21. The lowest BCUT2D eigenvalue weighted by Crippen LogP contribution is -2.50. The van der Waals surface area contributed by atoms with Crippen molar-refractivity contribution in [2.24, 2.45) is 0 Å². The first kappa shape index (κ1) is 12.1. The minimum Gasteiger partial charge on any atom is -0.378 e. The normalized spacial score (nSPS) is 25.6.